The number of furan rings is 1. The second-order valence-corrected chi connectivity index (χ2v) is 6.40. The Labute approximate surface area is 127 Å². The molecule has 2 aromatic rings. The van der Waals surface area contributed by atoms with Crippen molar-refractivity contribution in [3.63, 3.8) is 0 Å². The molecule has 1 aliphatic carbocycles. The zero-order chi connectivity index (χ0) is 14.7. The lowest BCUT2D eigenvalue weighted by atomic mass is 10.2. The minimum Gasteiger partial charge on any atom is -0.462 e. The van der Waals surface area contributed by atoms with E-state index in [1.165, 1.54) is 12.8 Å². The number of nitrogens with one attached hydrogen (secondary N) is 2. The average Bonchev–Trinajstić information content (AvgIpc) is 3.17. The van der Waals surface area contributed by atoms with Crippen LogP contribution in [0.4, 0.5) is 4.79 Å². The van der Waals surface area contributed by atoms with Crippen molar-refractivity contribution in [3.05, 3.63) is 29.0 Å². The van der Waals surface area contributed by atoms with Gasteiger partial charge in [0.2, 0.25) is 0 Å². The van der Waals surface area contributed by atoms with Gasteiger partial charge in [-0.2, -0.15) is 0 Å². The molecule has 5 nitrogen and oxygen atoms in total. The van der Waals surface area contributed by atoms with Crippen LogP contribution in [0, 0.1) is 6.92 Å². The largest absolute Gasteiger partial charge is 0.462 e. The summed E-state index contributed by atoms with van der Waals surface area (Å²) in [5.41, 5.74) is 0.938. The quantitative estimate of drug-likeness (QED) is 0.909. The highest BCUT2D eigenvalue weighted by molar-refractivity contribution is 7.15. The Hall–Kier alpha value is -1.82. The van der Waals surface area contributed by atoms with Gasteiger partial charge in [-0.25, -0.2) is 9.78 Å². The van der Waals surface area contributed by atoms with E-state index in [9.17, 15) is 4.79 Å². The van der Waals surface area contributed by atoms with Crippen LogP contribution in [-0.2, 0) is 6.54 Å². The van der Waals surface area contributed by atoms with Gasteiger partial charge in [0.1, 0.15) is 0 Å². The van der Waals surface area contributed by atoms with Crippen molar-refractivity contribution in [3.8, 4) is 10.8 Å². The van der Waals surface area contributed by atoms with Gasteiger partial charge >= 0.3 is 6.03 Å². The van der Waals surface area contributed by atoms with Crippen molar-refractivity contribution in [2.24, 2.45) is 0 Å². The highest BCUT2D eigenvalue weighted by Crippen LogP contribution is 2.28. The molecule has 2 aromatic heterocycles. The third kappa shape index (κ3) is 3.44. The molecule has 21 heavy (non-hydrogen) atoms. The first kappa shape index (κ1) is 14.1. The highest BCUT2D eigenvalue weighted by atomic mass is 32.1. The molecular weight excluding hydrogens is 286 g/mol. The summed E-state index contributed by atoms with van der Waals surface area (Å²) in [6.07, 6.45) is 6.25. The van der Waals surface area contributed by atoms with Gasteiger partial charge in [-0.05, 0) is 31.9 Å². The molecule has 0 unspecified atom stereocenters. The topological polar surface area (TPSA) is 67.2 Å². The van der Waals surface area contributed by atoms with Crippen LogP contribution in [0.25, 0.3) is 10.8 Å². The van der Waals surface area contributed by atoms with Crippen LogP contribution < -0.4 is 10.6 Å². The monoisotopic (exact) mass is 305 g/mol. The maximum Gasteiger partial charge on any atom is 0.315 e. The van der Waals surface area contributed by atoms with Crippen LogP contribution in [0.1, 0.15) is 36.3 Å². The molecule has 0 spiro atoms. The lowest BCUT2D eigenvalue weighted by Crippen LogP contribution is -2.40. The van der Waals surface area contributed by atoms with Crippen LogP contribution in [0.15, 0.2) is 22.8 Å². The van der Waals surface area contributed by atoms with Gasteiger partial charge in [-0.1, -0.05) is 12.8 Å². The number of hydrogen-bond donors (Lipinski definition) is 2. The van der Waals surface area contributed by atoms with Crippen molar-refractivity contribution >= 4 is 17.4 Å². The summed E-state index contributed by atoms with van der Waals surface area (Å²) < 4.78 is 5.35. The lowest BCUT2D eigenvalue weighted by Gasteiger charge is -2.12. The fraction of sp³-hybridized carbons (Fsp3) is 0.467. The number of amides is 2. The Morgan fingerprint density at radius 1 is 1.48 bits per heavy atom. The van der Waals surface area contributed by atoms with Crippen molar-refractivity contribution in [1.29, 1.82) is 0 Å². The third-order valence-electron chi connectivity index (χ3n) is 3.72. The zero-order valence-electron chi connectivity index (χ0n) is 12.0. The van der Waals surface area contributed by atoms with E-state index < -0.39 is 0 Å². The van der Waals surface area contributed by atoms with Gasteiger partial charge in [0, 0.05) is 10.9 Å². The second-order valence-electron chi connectivity index (χ2n) is 5.31. The molecule has 0 aromatic carbocycles. The van der Waals surface area contributed by atoms with E-state index in [4.69, 9.17) is 4.42 Å². The van der Waals surface area contributed by atoms with Gasteiger partial charge in [-0.15, -0.1) is 11.3 Å². The Bertz CT molecular complexity index is 600. The van der Waals surface area contributed by atoms with Gasteiger partial charge in [0.15, 0.2) is 10.8 Å². The maximum atomic E-state index is 11.9. The molecule has 2 amide bonds. The minimum absolute atomic E-state index is 0.0887. The van der Waals surface area contributed by atoms with Gasteiger partial charge in [0.25, 0.3) is 0 Å². The van der Waals surface area contributed by atoms with Crippen LogP contribution in [-0.4, -0.2) is 17.1 Å². The number of carbonyl (C=O) groups excluding carboxylic acids is 1. The summed E-state index contributed by atoms with van der Waals surface area (Å²) in [6.45, 7) is 2.46. The fourth-order valence-corrected chi connectivity index (χ4v) is 3.54. The molecule has 3 rings (SSSR count). The van der Waals surface area contributed by atoms with E-state index in [1.54, 1.807) is 17.6 Å². The van der Waals surface area contributed by atoms with Crippen molar-refractivity contribution in [2.75, 3.05) is 0 Å². The van der Waals surface area contributed by atoms with E-state index in [0.717, 1.165) is 34.2 Å². The van der Waals surface area contributed by atoms with Crippen LogP contribution >= 0.6 is 11.3 Å². The number of carbonyl (C=O) groups is 1. The first-order valence-electron chi connectivity index (χ1n) is 7.27. The Morgan fingerprint density at radius 3 is 3.00 bits per heavy atom. The third-order valence-corrected chi connectivity index (χ3v) is 4.90. The van der Waals surface area contributed by atoms with E-state index in [1.807, 2.05) is 19.1 Å². The first-order chi connectivity index (χ1) is 10.2. The molecule has 0 bridgehead atoms. The van der Waals surface area contributed by atoms with Crippen molar-refractivity contribution in [1.82, 2.24) is 15.6 Å². The summed E-state index contributed by atoms with van der Waals surface area (Å²) in [7, 11) is 0. The maximum absolute atomic E-state index is 11.9. The summed E-state index contributed by atoms with van der Waals surface area (Å²) in [4.78, 5) is 17.4. The number of hydrogen-bond acceptors (Lipinski definition) is 4. The van der Waals surface area contributed by atoms with Crippen LogP contribution in [0.2, 0.25) is 0 Å². The smallest absolute Gasteiger partial charge is 0.315 e. The summed E-state index contributed by atoms with van der Waals surface area (Å²) in [5.74, 6) is 0.768. The second kappa shape index (κ2) is 6.30. The standard InChI is InChI=1S/C15H19N3O2S/c1-10-13(21-14(17-10)12-7-4-8-20-12)9-16-15(19)18-11-5-2-3-6-11/h4,7-8,11H,2-3,5-6,9H2,1H3,(H2,16,18,19). The fourth-order valence-electron chi connectivity index (χ4n) is 2.56. The number of aryl methyl sites for hydroxylation is 1. The van der Waals surface area contributed by atoms with Gasteiger partial charge < -0.3 is 15.1 Å². The number of nitrogens with zero attached hydrogens (tertiary/aromatic N) is 1. The van der Waals surface area contributed by atoms with Crippen molar-refractivity contribution in [2.45, 2.75) is 45.2 Å². The average molecular weight is 305 g/mol. The number of urea groups is 1. The van der Waals surface area contributed by atoms with Crippen LogP contribution in [0.5, 0.6) is 0 Å². The zero-order valence-corrected chi connectivity index (χ0v) is 12.8. The van der Waals surface area contributed by atoms with E-state index in [0.29, 0.717) is 12.6 Å². The number of thiazole rings is 1. The SMILES string of the molecule is Cc1nc(-c2ccco2)sc1CNC(=O)NC1CCCC1. The van der Waals surface area contributed by atoms with Crippen LogP contribution in [0.3, 0.4) is 0 Å². The van der Waals surface area contributed by atoms with E-state index in [-0.39, 0.29) is 6.03 Å². The van der Waals surface area contributed by atoms with E-state index in [2.05, 4.69) is 15.6 Å². The normalized spacial score (nSPS) is 15.3. The molecule has 6 heteroatoms. The Kier molecular flexibility index (Phi) is 4.24. The molecular formula is C15H19N3O2S. The molecule has 2 heterocycles. The molecule has 0 aliphatic heterocycles. The molecule has 0 saturated heterocycles. The number of rotatable bonds is 4. The molecule has 1 fully saturated rings. The van der Waals surface area contributed by atoms with E-state index >= 15 is 0 Å². The first-order valence-corrected chi connectivity index (χ1v) is 8.08. The van der Waals surface area contributed by atoms with Gasteiger partial charge in [0.05, 0.1) is 18.5 Å². The minimum atomic E-state index is -0.0887. The lowest BCUT2D eigenvalue weighted by molar-refractivity contribution is 0.237. The molecule has 2 N–H and O–H groups in total. The summed E-state index contributed by atoms with van der Waals surface area (Å²) in [5, 5.41) is 6.79. The molecule has 0 radical (unpaired) electrons. The summed E-state index contributed by atoms with van der Waals surface area (Å²) in [6, 6.07) is 3.99. The molecule has 112 valence electrons. The summed E-state index contributed by atoms with van der Waals surface area (Å²) >= 11 is 1.55. The highest BCUT2D eigenvalue weighted by Gasteiger charge is 2.17. The van der Waals surface area contributed by atoms with Crippen molar-refractivity contribution < 1.29 is 9.21 Å². The van der Waals surface area contributed by atoms with Gasteiger partial charge in [-0.3, -0.25) is 0 Å². The molecule has 1 saturated carbocycles. The molecule has 0 atom stereocenters. The molecule has 1 aliphatic rings. The Balaban J connectivity index is 1.56. The predicted octanol–water partition coefficient (Wildman–Crippen LogP) is 3.45. The predicted molar refractivity (Wildman–Crippen MR) is 82.2 cm³/mol. The number of aromatic nitrogens is 1. The Morgan fingerprint density at radius 2 is 2.29 bits per heavy atom.